The maximum Gasteiger partial charge on any atom is 0.340 e. The van der Waals surface area contributed by atoms with Gasteiger partial charge in [0, 0.05) is 12.0 Å². The van der Waals surface area contributed by atoms with Gasteiger partial charge >= 0.3 is 5.97 Å². The van der Waals surface area contributed by atoms with Gasteiger partial charge in [0.15, 0.2) is 5.54 Å². The van der Waals surface area contributed by atoms with Gasteiger partial charge in [0.25, 0.3) is 0 Å². The zero-order chi connectivity index (χ0) is 18.6. The van der Waals surface area contributed by atoms with Crippen molar-refractivity contribution < 1.29 is 9.53 Å². The summed E-state index contributed by atoms with van der Waals surface area (Å²) in [5.74, 6) is 0.661. The van der Waals surface area contributed by atoms with Crippen LogP contribution in [-0.2, 0) is 9.53 Å². The number of hydrogen-bond acceptors (Lipinski definition) is 3. The fraction of sp³-hybridized carbons (Fsp3) is 0.304. The smallest absolute Gasteiger partial charge is 0.340 e. The molecule has 2 aromatic rings. The summed E-state index contributed by atoms with van der Waals surface area (Å²) in [6.07, 6.45) is 3.64. The van der Waals surface area contributed by atoms with Crippen LogP contribution < -0.4 is 0 Å². The molecule has 1 atom stereocenters. The van der Waals surface area contributed by atoms with Crippen molar-refractivity contribution >= 4 is 17.4 Å². The lowest BCUT2D eigenvalue weighted by Crippen LogP contribution is -2.29. The number of ether oxygens (including phenoxy) is 1. The predicted octanol–water partition coefficient (Wildman–Crippen LogP) is 5.27. The number of carbonyl (C=O) groups is 1. The van der Waals surface area contributed by atoms with Gasteiger partial charge in [-0.15, -0.1) is 0 Å². The fourth-order valence-electron chi connectivity index (χ4n) is 3.06. The number of allylic oxidation sites excluding steroid dienone is 1. The van der Waals surface area contributed by atoms with Gasteiger partial charge in [-0.3, -0.25) is 0 Å². The molecule has 0 aliphatic carbocycles. The Kier molecular flexibility index (Phi) is 5.36. The summed E-state index contributed by atoms with van der Waals surface area (Å²) < 4.78 is 5.46. The van der Waals surface area contributed by atoms with E-state index in [0.717, 1.165) is 12.0 Å². The van der Waals surface area contributed by atoms with Crippen LogP contribution in [0.15, 0.2) is 71.7 Å². The van der Waals surface area contributed by atoms with E-state index in [0.29, 0.717) is 18.2 Å². The molecular weight excluding hydrogens is 322 g/mol. The third-order valence-corrected chi connectivity index (χ3v) is 4.52. The molecule has 26 heavy (non-hydrogen) atoms. The van der Waals surface area contributed by atoms with Crippen LogP contribution in [-0.4, -0.2) is 17.4 Å². The number of aliphatic imine (C=N–C) groups is 1. The van der Waals surface area contributed by atoms with Crippen LogP contribution >= 0.6 is 0 Å². The second kappa shape index (κ2) is 7.69. The van der Waals surface area contributed by atoms with E-state index in [1.807, 2.05) is 55.5 Å². The molecule has 0 N–H and O–H groups in total. The van der Waals surface area contributed by atoms with E-state index < -0.39 is 5.54 Å². The lowest BCUT2D eigenvalue weighted by Gasteiger charge is -2.16. The molecule has 0 bridgehead atoms. The maximum atomic E-state index is 12.5. The quantitative estimate of drug-likeness (QED) is 0.668. The number of rotatable bonds is 6. The summed E-state index contributed by atoms with van der Waals surface area (Å²) in [6.45, 7) is 6.25. The monoisotopic (exact) mass is 347 g/mol. The van der Waals surface area contributed by atoms with E-state index in [1.54, 1.807) is 0 Å². The highest BCUT2D eigenvalue weighted by molar-refractivity contribution is 6.07. The first-order chi connectivity index (χ1) is 12.5. The van der Waals surface area contributed by atoms with Crippen LogP contribution in [0.5, 0.6) is 0 Å². The van der Waals surface area contributed by atoms with Gasteiger partial charge < -0.3 is 4.74 Å². The fourth-order valence-corrected chi connectivity index (χ4v) is 3.06. The third kappa shape index (κ3) is 4.10. The molecule has 0 radical (unpaired) electrons. The van der Waals surface area contributed by atoms with Crippen molar-refractivity contribution in [1.82, 2.24) is 0 Å². The first-order valence-corrected chi connectivity index (χ1v) is 9.10. The van der Waals surface area contributed by atoms with Crippen LogP contribution in [0.4, 0.5) is 0 Å². The Morgan fingerprint density at radius 2 is 1.69 bits per heavy atom. The van der Waals surface area contributed by atoms with Gasteiger partial charge in [-0.2, -0.15) is 0 Å². The number of benzene rings is 2. The van der Waals surface area contributed by atoms with Gasteiger partial charge in [0.1, 0.15) is 0 Å². The highest BCUT2D eigenvalue weighted by atomic mass is 16.6. The molecule has 0 fully saturated rings. The van der Waals surface area contributed by atoms with E-state index in [-0.39, 0.29) is 5.97 Å². The highest BCUT2D eigenvalue weighted by Gasteiger charge is 2.41. The second-order valence-corrected chi connectivity index (χ2v) is 7.34. The molecule has 134 valence electrons. The molecule has 0 saturated heterocycles. The Balaban J connectivity index is 1.86. The van der Waals surface area contributed by atoms with E-state index in [2.05, 4.69) is 37.0 Å². The summed E-state index contributed by atoms with van der Waals surface area (Å²) in [5, 5.41) is 0. The van der Waals surface area contributed by atoms with Gasteiger partial charge in [0.05, 0.1) is 0 Å². The molecule has 1 unspecified atom stereocenters. The van der Waals surface area contributed by atoms with Gasteiger partial charge in [-0.25, -0.2) is 9.79 Å². The Labute approximate surface area is 155 Å². The van der Waals surface area contributed by atoms with E-state index in [9.17, 15) is 4.79 Å². The Morgan fingerprint density at radius 3 is 2.31 bits per heavy atom. The number of hydrogen-bond donors (Lipinski definition) is 0. The molecule has 3 rings (SSSR count). The summed E-state index contributed by atoms with van der Waals surface area (Å²) in [7, 11) is 0. The lowest BCUT2D eigenvalue weighted by atomic mass is 9.91. The average Bonchev–Trinajstić information content (AvgIpc) is 2.95. The molecule has 3 heteroatoms. The Hall–Kier alpha value is -2.68. The minimum absolute atomic E-state index is 0.287. The number of esters is 1. The minimum atomic E-state index is -0.873. The topological polar surface area (TPSA) is 38.7 Å². The van der Waals surface area contributed by atoms with Crippen molar-refractivity contribution in [2.45, 2.75) is 39.2 Å². The predicted molar refractivity (Wildman–Crippen MR) is 106 cm³/mol. The first kappa shape index (κ1) is 18.1. The summed E-state index contributed by atoms with van der Waals surface area (Å²) in [4.78, 5) is 17.1. The van der Waals surface area contributed by atoms with E-state index in [4.69, 9.17) is 4.74 Å². The van der Waals surface area contributed by atoms with Gasteiger partial charge in [-0.05, 0) is 42.5 Å². The zero-order valence-corrected chi connectivity index (χ0v) is 15.6. The van der Waals surface area contributed by atoms with E-state index >= 15 is 0 Å². The van der Waals surface area contributed by atoms with Crippen molar-refractivity contribution in [1.29, 1.82) is 0 Å². The third-order valence-electron chi connectivity index (χ3n) is 4.52. The summed E-state index contributed by atoms with van der Waals surface area (Å²) in [5.41, 5.74) is 2.41. The van der Waals surface area contributed by atoms with Crippen molar-refractivity contribution in [2.75, 3.05) is 0 Å². The van der Waals surface area contributed by atoms with Gasteiger partial charge in [-0.1, -0.05) is 68.5 Å². The standard InChI is InChI=1S/C23H25NO2/c1-17(2)16-20(18-10-6-4-7-11-18)14-15-23(3)22(25)26-21(24-23)19-12-8-5-9-13-19/h4-14,17H,15-16H2,1-3H3/b20-14+. The van der Waals surface area contributed by atoms with Crippen molar-refractivity contribution in [3.8, 4) is 0 Å². The van der Waals surface area contributed by atoms with Crippen LogP contribution in [0.2, 0.25) is 0 Å². The second-order valence-electron chi connectivity index (χ2n) is 7.34. The minimum Gasteiger partial charge on any atom is -0.405 e. The summed E-state index contributed by atoms with van der Waals surface area (Å²) in [6, 6.07) is 19.9. The largest absolute Gasteiger partial charge is 0.405 e. The van der Waals surface area contributed by atoms with Crippen LogP contribution in [0.1, 0.15) is 44.7 Å². The molecule has 0 aromatic heterocycles. The Morgan fingerprint density at radius 1 is 1.08 bits per heavy atom. The maximum absolute atomic E-state index is 12.5. The van der Waals surface area contributed by atoms with Crippen molar-refractivity contribution in [2.24, 2.45) is 10.9 Å². The van der Waals surface area contributed by atoms with Crippen LogP contribution in [0.25, 0.3) is 5.57 Å². The zero-order valence-electron chi connectivity index (χ0n) is 15.6. The number of cyclic esters (lactones) is 1. The highest BCUT2D eigenvalue weighted by Crippen LogP contribution is 2.30. The van der Waals surface area contributed by atoms with Crippen LogP contribution in [0.3, 0.4) is 0 Å². The summed E-state index contributed by atoms with van der Waals surface area (Å²) >= 11 is 0. The molecule has 0 spiro atoms. The van der Waals surface area contributed by atoms with E-state index in [1.165, 1.54) is 11.1 Å². The van der Waals surface area contributed by atoms with Crippen LogP contribution in [0, 0.1) is 5.92 Å². The van der Waals surface area contributed by atoms with Crippen molar-refractivity contribution in [3.63, 3.8) is 0 Å². The number of nitrogens with zero attached hydrogens (tertiary/aromatic N) is 1. The molecule has 1 aliphatic rings. The molecule has 0 amide bonds. The Bertz CT molecular complexity index is 822. The number of carbonyl (C=O) groups excluding carboxylic acids is 1. The molecule has 1 aliphatic heterocycles. The molecule has 3 nitrogen and oxygen atoms in total. The molecular formula is C23H25NO2. The lowest BCUT2D eigenvalue weighted by molar-refractivity contribution is -0.138. The van der Waals surface area contributed by atoms with Gasteiger partial charge in [0.2, 0.25) is 5.90 Å². The SMILES string of the molecule is CC(C)C/C(=C\CC1(C)N=C(c2ccccc2)OC1=O)c1ccccc1. The normalized spacial score (nSPS) is 20.2. The molecule has 1 heterocycles. The average molecular weight is 347 g/mol. The molecule has 2 aromatic carbocycles. The van der Waals surface area contributed by atoms with Crippen molar-refractivity contribution in [3.05, 3.63) is 77.9 Å². The first-order valence-electron chi connectivity index (χ1n) is 9.10. The molecule has 0 saturated carbocycles.